The first-order valence-corrected chi connectivity index (χ1v) is 10.2. The largest absolute Gasteiger partial charge is 0.480 e. The number of nitrogens with one attached hydrogen (secondary N) is 2. The van der Waals surface area contributed by atoms with Crippen molar-refractivity contribution in [1.82, 2.24) is 15.5 Å². The average Bonchev–Trinajstić information content (AvgIpc) is 3.17. The Labute approximate surface area is 176 Å². The van der Waals surface area contributed by atoms with E-state index in [1.54, 1.807) is 6.92 Å². The number of carbonyl (C=O) groups excluding carboxylic acids is 3. The number of hydrogen-bond donors (Lipinski definition) is 6. The van der Waals surface area contributed by atoms with Crippen LogP contribution in [0.5, 0.6) is 0 Å². The fourth-order valence-electron chi connectivity index (χ4n) is 3.27. The van der Waals surface area contributed by atoms with Gasteiger partial charge >= 0.3 is 5.97 Å². The molecule has 0 bridgehead atoms. The van der Waals surface area contributed by atoms with Crippen LogP contribution in [0.25, 0.3) is 0 Å². The minimum Gasteiger partial charge on any atom is -0.480 e. The molecule has 172 valence electrons. The van der Waals surface area contributed by atoms with E-state index < -0.39 is 60.1 Å². The molecule has 7 unspecified atom stereocenters. The number of carbonyl (C=O) groups is 4. The zero-order valence-electron chi connectivity index (χ0n) is 17.9. The molecule has 3 amide bonds. The van der Waals surface area contributed by atoms with Crippen molar-refractivity contribution < 1.29 is 34.5 Å². The molecule has 1 heterocycles. The van der Waals surface area contributed by atoms with Gasteiger partial charge in [0.1, 0.15) is 24.2 Å². The first-order valence-electron chi connectivity index (χ1n) is 10.2. The summed E-state index contributed by atoms with van der Waals surface area (Å²) in [6.45, 7) is 6.45. The van der Waals surface area contributed by atoms with Gasteiger partial charge in [0, 0.05) is 6.54 Å². The normalized spacial score (nSPS) is 22.4. The van der Waals surface area contributed by atoms with Gasteiger partial charge < -0.3 is 36.6 Å². The summed E-state index contributed by atoms with van der Waals surface area (Å²) in [5, 5.41) is 33.6. The first kappa shape index (κ1) is 25.8. The zero-order valence-corrected chi connectivity index (χ0v) is 17.9. The molecule has 0 aromatic carbocycles. The van der Waals surface area contributed by atoms with E-state index in [1.165, 1.54) is 18.7 Å². The van der Waals surface area contributed by atoms with E-state index in [0.29, 0.717) is 19.3 Å². The SMILES string of the molecule is CCC(C)C(NC(=O)C(NC(=O)C(N)C(C)O)C(C)O)C(=O)N1CCCC1C(=O)O. The fraction of sp³-hybridized carbons (Fsp3) is 0.789. The van der Waals surface area contributed by atoms with Gasteiger partial charge in [-0.1, -0.05) is 20.3 Å². The van der Waals surface area contributed by atoms with Crippen LogP contribution in [-0.2, 0) is 19.2 Å². The number of carboxylic acid groups (broad SMARTS) is 1. The molecule has 1 rings (SSSR count). The summed E-state index contributed by atoms with van der Waals surface area (Å²) < 4.78 is 0. The van der Waals surface area contributed by atoms with E-state index in [9.17, 15) is 34.5 Å². The standard InChI is InChI=1S/C19H34N4O7/c1-5-9(2)14(18(28)23-8-6-7-12(23)19(29)30)21-17(27)15(11(4)25)22-16(26)13(20)10(3)24/h9-15,24-25H,5-8,20H2,1-4H3,(H,21,27)(H,22,26)(H,29,30). The second-order valence-corrected chi connectivity index (χ2v) is 7.89. The van der Waals surface area contributed by atoms with Gasteiger partial charge in [-0.3, -0.25) is 14.4 Å². The second-order valence-electron chi connectivity index (χ2n) is 7.89. The lowest BCUT2D eigenvalue weighted by molar-refractivity contribution is -0.150. The van der Waals surface area contributed by atoms with Crippen LogP contribution in [0.4, 0.5) is 0 Å². The summed E-state index contributed by atoms with van der Waals surface area (Å²) in [4.78, 5) is 50.7. The minimum absolute atomic E-state index is 0.276. The molecule has 11 nitrogen and oxygen atoms in total. The Morgan fingerprint density at radius 3 is 2.07 bits per heavy atom. The van der Waals surface area contributed by atoms with Gasteiger partial charge in [0.15, 0.2) is 0 Å². The number of carboxylic acids is 1. The molecule has 11 heteroatoms. The summed E-state index contributed by atoms with van der Waals surface area (Å²) in [7, 11) is 0. The van der Waals surface area contributed by atoms with Crippen molar-refractivity contribution in [1.29, 1.82) is 0 Å². The van der Waals surface area contributed by atoms with E-state index in [0.717, 1.165) is 0 Å². The topological polar surface area (TPSA) is 182 Å². The maximum Gasteiger partial charge on any atom is 0.326 e. The lowest BCUT2D eigenvalue weighted by Gasteiger charge is -2.32. The van der Waals surface area contributed by atoms with E-state index >= 15 is 0 Å². The molecule has 7 atom stereocenters. The zero-order chi connectivity index (χ0) is 23.2. The summed E-state index contributed by atoms with van der Waals surface area (Å²) in [6.07, 6.45) is -1.05. The molecule has 0 aromatic heterocycles. The third-order valence-electron chi connectivity index (χ3n) is 5.48. The van der Waals surface area contributed by atoms with E-state index in [2.05, 4.69) is 10.6 Å². The van der Waals surface area contributed by atoms with Crippen LogP contribution in [0.15, 0.2) is 0 Å². The van der Waals surface area contributed by atoms with E-state index in [4.69, 9.17) is 5.73 Å². The summed E-state index contributed by atoms with van der Waals surface area (Å²) in [5.41, 5.74) is 5.56. The number of nitrogens with two attached hydrogens (primary N) is 1. The highest BCUT2D eigenvalue weighted by molar-refractivity contribution is 5.94. The Hall–Kier alpha value is -2.24. The molecule has 1 fully saturated rings. The minimum atomic E-state index is -1.41. The van der Waals surface area contributed by atoms with Gasteiger partial charge in [-0.25, -0.2) is 4.79 Å². The molecule has 1 saturated heterocycles. The van der Waals surface area contributed by atoms with Crippen LogP contribution in [0.1, 0.15) is 47.0 Å². The molecular formula is C19H34N4O7. The Kier molecular flexibility index (Phi) is 9.66. The maximum atomic E-state index is 13.1. The molecule has 0 aromatic rings. The summed E-state index contributed by atoms with van der Waals surface area (Å²) in [6, 6.07) is -4.68. The number of aliphatic hydroxyl groups excluding tert-OH is 2. The Balaban J connectivity index is 3.01. The fourth-order valence-corrected chi connectivity index (χ4v) is 3.27. The van der Waals surface area contributed by atoms with Crippen molar-refractivity contribution in [3.63, 3.8) is 0 Å². The molecule has 1 aliphatic heterocycles. The second kappa shape index (κ2) is 11.2. The van der Waals surface area contributed by atoms with Crippen LogP contribution < -0.4 is 16.4 Å². The number of amides is 3. The molecular weight excluding hydrogens is 396 g/mol. The Bertz CT molecular complexity index is 640. The molecule has 0 spiro atoms. The van der Waals surface area contributed by atoms with Crippen LogP contribution in [0.2, 0.25) is 0 Å². The van der Waals surface area contributed by atoms with Crippen LogP contribution in [-0.4, -0.2) is 86.8 Å². The van der Waals surface area contributed by atoms with Gasteiger partial charge in [-0.05, 0) is 32.6 Å². The predicted octanol–water partition coefficient (Wildman–Crippen LogP) is -1.83. The monoisotopic (exact) mass is 430 g/mol. The molecule has 0 saturated carbocycles. The highest BCUT2D eigenvalue weighted by Gasteiger charge is 2.40. The summed E-state index contributed by atoms with van der Waals surface area (Å²) in [5.74, 6) is -3.57. The average molecular weight is 431 g/mol. The van der Waals surface area contributed by atoms with Gasteiger partial charge in [-0.2, -0.15) is 0 Å². The van der Waals surface area contributed by atoms with Gasteiger partial charge in [-0.15, -0.1) is 0 Å². The van der Waals surface area contributed by atoms with Crippen LogP contribution in [0, 0.1) is 5.92 Å². The van der Waals surface area contributed by atoms with Crippen molar-refractivity contribution in [2.75, 3.05) is 6.54 Å². The quantitative estimate of drug-likeness (QED) is 0.234. The Morgan fingerprint density at radius 2 is 1.60 bits per heavy atom. The number of likely N-dealkylation sites (tertiary alicyclic amines) is 1. The van der Waals surface area contributed by atoms with Gasteiger partial charge in [0.25, 0.3) is 0 Å². The van der Waals surface area contributed by atoms with Crippen LogP contribution >= 0.6 is 0 Å². The smallest absolute Gasteiger partial charge is 0.326 e. The number of hydrogen-bond acceptors (Lipinski definition) is 7. The van der Waals surface area contributed by atoms with E-state index in [1.807, 2.05) is 6.92 Å². The summed E-state index contributed by atoms with van der Waals surface area (Å²) >= 11 is 0. The van der Waals surface area contributed by atoms with Crippen molar-refractivity contribution in [2.45, 2.75) is 83.3 Å². The van der Waals surface area contributed by atoms with Crippen molar-refractivity contribution in [3.8, 4) is 0 Å². The molecule has 1 aliphatic rings. The van der Waals surface area contributed by atoms with Gasteiger partial charge in [0.2, 0.25) is 17.7 Å². The molecule has 30 heavy (non-hydrogen) atoms. The highest BCUT2D eigenvalue weighted by Crippen LogP contribution is 2.21. The number of aliphatic carboxylic acids is 1. The van der Waals surface area contributed by atoms with Crippen molar-refractivity contribution >= 4 is 23.7 Å². The molecule has 0 aliphatic carbocycles. The van der Waals surface area contributed by atoms with Crippen LogP contribution in [0.3, 0.4) is 0 Å². The maximum absolute atomic E-state index is 13.1. The lowest BCUT2D eigenvalue weighted by Crippen LogP contribution is -2.61. The van der Waals surface area contributed by atoms with Crippen molar-refractivity contribution in [3.05, 3.63) is 0 Å². The van der Waals surface area contributed by atoms with Crippen molar-refractivity contribution in [2.24, 2.45) is 11.7 Å². The van der Waals surface area contributed by atoms with E-state index in [-0.39, 0.29) is 12.5 Å². The number of rotatable bonds is 10. The predicted molar refractivity (Wildman–Crippen MR) is 107 cm³/mol. The van der Waals surface area contributed by atoms with Gasteiger partial charge in [0.05, 0.1) is 12.2 Å². The lowest BCUT2D eigenvalue weighted by atomic mass is 9.96. The molecule has 0 radical (unpaired) electrons. The Morgan fingerprint density at radius 1 is 1.03 bits per heavy atom. The molecule has 7 N–H and O–H groups in total. The number of nitrogens with zero attached hydrogens (tertiary/aromatic N) is 1. The highest BCUT2D eigenvalue weighted by atomic mass is 16.4. The third-order valence-corrected chi connectivity index (χ3v) is 5.48. The number of aliphatic hydroxyl groups is 2. The first-order chi connectivity index (χ1) is 13.9. The third kappa shape index (κ3) is 6.38.